The van der Waals surface area contributed by atoms with Crippen molar-refractivity contribution in [1.29, 1.82) is 0 Å². The van der Waals surface area contributed by atoms with Crippen molar-refractivity contribution in [1.82, 2.24) is 4.47 Å². The molecule has 0 saturated heterocycles. The molecule has 0 aliphatic heterocycles. The molecule has 0 radical (unpaired) electrons. The predicted octanol–water partition coefficient (Wildman–Crippen LogP) is 2.28. The van der Waals surface area contributed by atoms with E-state index in [2.05, 4.69) is 5.32 Å². The van der Waals surface area contributed by atoms with Crippen LogP contribution in [-0.2, 0) is 24.4 Å². The highest BCUT2D eigenvalue weighted by Crippen LogP contribution is 2.17. The second-order valence-electron chi connectivity index (χ2n) is 6.07. The van der Waals surface area contributed by atoms with Gasteiger partial charge in [-0.15, -0.1) is 0 Å². The Bertz CT molecular complexity index is 988. The van der Waals surface area contributed by atoms with E-state index in [9.17, 15) is 18.0 Å². The number of ether oxygens (including phenoxy) is 1. The fourth-order valence-corrected chi connectivity index (χ4v) is 3.40. The van der Waals surface area contributed by atoms with Gasteiger partial charge in [-0.25, -0.2) is 13.2 Å². The average Bonchev–Trinajstić information content (AvgIpc) is 2.67. The number of rotatable bonds is 7. The van der Waals surface area contributed by atoms with E-state index in [1.54, 1.807) is 6.07 Å². The summed E-state index contributed by atoms with van der Waals surface area (Å²) in [4.78, 5) is 28.8. The zero-order chi connectivity index (χ0) is 20.9. The first-order valence-corrected chi connectivity index (χ1v) is 9.76. The van der Waals surface area contributed by atoms with Gasteiger partial charge in [-0.3, -0.25) is 9.63 Å². The quantitative estimate of drug-likeness (QED) is 0.559. The van der Waals surface area contributed by atoms with Gasteiger partial charge in [-0.1, -0.05) is 28.2 Å². The second-order valence-corrected chi connectivity index (χ2v) is 8.00. The Morgan fingerprint density at radius 2 is 1.82 bits per heavy atom. The predicted molar refractivity (Wildman–Crippen MR) is 103 cm³/mol. The maximum Gasteiger partial charge on any atom is 0.338 e. The van der Waals surface area contributed by atoms with Gasteiger partial charge in [0.1, 0.15) is 0 Å². The van der Waals surface area contributed by atoms with E-state index in [-0.39, 0.29) is 10.5 Å². The van der Waals surface area contributed by atoms with Crippen molar-refractivity contribution in [2.75, 3.05) is 26.1 Å². The Kier molecular flexibility index (Phi) is 6.90. The summed E-state index contributed by atoms with van der Waals surface area (Å²) in [7, 11) is -1.46. The molecule has 9 heteroatoms. The van der Waals surface area contributed by atoms with Crippen molar-refractivity contribution in [3.63, 3.8) is 0 Å². The van der Waals surface area contributed by atoms with Crippen molar-refractivity contribution < 1.29 is 27.6 Å². The molecule has 0 spiro atoms. The molecule has 0 aromatic heterocycles. The second kappa shape index (κ2) is 8.96. The summed E-state index contributed by atoms with van der Waals surface area (Å²) in [5.41, 5.74) is 2.59. The van der Waals surface area contributed by atoms with Gasteiger partial charge in [0.05, 0.1) is 17.6 Å². The number of aryl methyl sites for hydroxylation is 2. The van der Waals surface area contributed by atoms with Crippen LogP contribution in [-0.4, -0.2) is 45.5 Å². The molecule has 0 saturated carbocycles. The standard InChI is InChI=1S/C19H22N2O6S/c1-13-8-9-17(14(2)10-13)20-18(22)12-27-19(23)15-6-5-7-16(11-15)28(24,25)21(3)26-4/h5-11H,12H2,1-4H3,(H,20,22). The minimum atomic E-state index is -3.90. The largest absolute Gasteiger partial charge is 0.452 e. The van der Waals surface area contributed by atoms with Gasteiger partial charge in [0.15, 0.2) is 6.61 Å². The van der Waals surface area contributed by atoms with E-state index >= 15 is 0 Å². The number of nitrogens with one attached hydrogen (secondary N) is 1. The van der Waals surface area contributed by atoms with Gasteiger partial charge in [-0.05, 0) is 43.7 Å². The molecule has 0 aliphatic carbocycles. The number of carbonyl (C=O) groups is 2. The lowest BCUT2D eigenvalue weighted by molar-refractivity contribution is -0.119. The van der Waals surface area contributed by atoms with Gasteiger partial charge in [0.25, 0.3) is 15.9 Å². The molecular weight excluding hydrogens is 384 g/mol. The van der Waals surface area contributed by atoms with Crippen LogP contribution in [0.1, 0.15) is 21.5 Å². The van der Waals surface area contributed by atoms with Crippen LogP contribution in [0.5, 0.6) is 0 Å². The zero-order valence-electron chi connectivity index (χ0n) is 16.1. The van der Waals surface area contributed by atoms with Crippen molar-refractivity contribution in [3.8, 4) is 0 Å². The SMILES string of the molecule is CON(C)S(=O)(=O)c1cccc(C(=O)OCC(=O)Nc2ccc(C)cc2C)c1. The van der Waals surface area contributed by atoms with Gasteiger partial charge in [0, 0.05) is 12.7 Å². The monoisotopic (exact) mass is 406 g/mol. The third-order valence-electron chi connectivity index (χ3n) is 3.95. The van der Waals surface area contributed by atoms with Crippen LogP contribution >= 0.6 is 0 Å². The molecule has 28 heavy (non-hydrogen) atoms. The van der Waals surface area contributed by atoms with Gasteiger partial charge in [-0.2, -0.15) is 0 Å². The van der Waals surface area contributed by atoms with Gasteiger partial charge in [0.2, 0.25) is 0 Å². The number of sulfonamides is 1. The fraction of sp³-hybridized carbons (Fsp3) is 0.263. The summed E-state index contributed by atoms with van der Waals surface area (Å²) < 4.78 is 30.2. The van der Waals surface area contributed by atoms with Crippen molar-refractivity contribution >= 4 is 27.6 Å². The van der Waals surface area contributed by atoms with Crippen LogP contribution in [0.2, 0.25) is 0 Å². The Morgan fingerprint density at radius 3 is 2.46 bits per heavy atom. The molecule has 2 aromatic rings. The number of hydroxylamine groups is 1. The Labute approximate surface area is 164 Å². The van der Waals surface area contributed by atoms with Crippen molar-refractivity contribution in [3.05, 3.63) is 59.2 Å². The summed E-state index contributed by atoms with van der Waals surface area (Å²) in [5, 5.41) is 2.67. The molecule has 0 unspecified atom stereocenters. The van der Waals surface area contributed by atoms with Crippen LogP contribution in [0.15, 0.2) is 47.4 Å². The molecule has 0 bridgehead atoms. The Hall–Kier alpha value is -2.75. The minimum absolute atomic E-state index is 0.00453. The van der Waals surface area contributed by atoms with Crippen LogP contribution in [0.4, 0.5) is 5.69 Å². The smallest absolute Gasteiger partial charge is 0.338 e. The number of amides is 1. The molecule has 1 amide bonds. The van der Waals surface area contributed by atoms with Crippen LogP contribution in [0.25, 0.3) is 0 Å². The number of hydrogen-bond donors (Lipinski definition) is 1. The van der Waals surface area contributed by atoms with Crippen molar-refractivity contribution in [2.45, 2.75) is 18.7 Å². The number of hydrogen-bond acceptors (Lipinski definition) is 6. The topological polar surface area (TPSA) is 102 Å². The number of carbonyl (C=O) groups excluding carboxylic acids is 2. The van der Waals surface area contributed by atoms with Crippen molar-refractivity contribution in [2.24, 2.45) is 0 Å². The Balaban J connectivity index is 2.03. The highest BCUT2D eigenvalue weighted by atomic mass is 32.2. The average molecular weight is 406 g/mol. The van der Waals surface area contributed by atoms with E-state index in [0.29, 0.717) is 10.2 Å². The molecule has 2 aromatic carbocycles. The summed E-state index contributed by atoms with van der Waals surface area (Å²) in [6.07, 6.45) is 0. The molecule has 8 nitrogen and oxygen atoms in total. The first-order valence-electron chi connectivity index (χ1n) is 8.32. The maximum atomic E-state index is 12.2. The van der Waals surface area contributed by atoms with Crippen LogP contribution in [0, 0.1) is 13.8 Å². The number of benzene rings is 2. The molecule has 0 aliphatic rings. The molecule has 0 fully saturated rings. The first kappa shape index (κ1) is 21.5. The summed E-state index contributed by atoms with van der Waals surface area (Å²) >= 11 is 0. The molecule has 1 N–H and O–H groups in total. The third kappa shape index (κ3) is 5.16. The fourth-order valence-electron chi connectivity index (χ4n) is 2.38. The normalized spacial score (nSPS) is 11.3. The molecule has 0 heterocycles. The summed E-state index contributed by atoms with van der Waals surface area (Å²) in [6.45, 7) is 3.30. The van der Waals surface area contributed by atoms with Gasteiger partial charge >= 0.3 is 5.97 Å². The summed E-state index contributed by atoms with van der Waals surface area (Å²) in [5.74, 6) is -1.31. The van der Waals surface area contributed by atoms with E-state index in [1.165, 1.54) is 32.4 Å². The molecule has 150 valence electrons. The molecule has 2 rings (SSSR count). The zero-order valence-corrected chi connectivity index (χ0v) is 16.9. The number of anilines is 1. The lowest BCUT2D eigenvalue weighted by Gasteiger charge is -2.14. The van der Waals surface area contributed by atoms with Gasteiger partial charge < -0.3 is 10.1 Å². The third-order valence-corrected chi connectivity index (χ3v) is 5.63. The minimum Gasteiger partial charge on any atom is -0.452 e. The molecular formula is C19H22N2O6S. The van der Waals surface area contributed by atoms with Crippen LogP contribution < -0.4 is 5.32 Å². The highest BCUT2D eigenvalue weighted by molar-refractivity contribution is 7.89. The summed E-state index contributed by atoms with van der Waals surface area (Å²) in [6, 6.07) is 10.8. The van der Waals surface area contributed by atoms with E-state index in [0.717, 1.165) is 17.2 Å². The van der Waals surface area contributed by atoms with Crippen LogP contribution in [0.3, 0.4) is 0 Å². The lowest BCUT2D eigenvalue weighted by Crippen LogP contribution is -2.26. The maximum absolute atomic E-state index is 12.2. The van der Waals surface area contributed by atoms with E-state index < -0.39 is 28.5 Å². The number of esters is 1. The first-order chi connectivity index (χ1) is 13.1. The lowest BCUT2D eigenvalue weighted by atomic mass is 10.1. The van der Waals surface area contributed by atoms with E-state index in [1.807, 2.05) is 26.0 Å². The van der Waals surface area contributed by atoms with E-state index in [4.69, 9.17) is 9.57 Å². The highest BCUT2D eigenvalue weighted by Gasteiger charge is 2.22. The number of nitrogens with zero attached hydrogens (tertiary/aromatic N) is 1. The Morgan fingerprint density at radius 1 is 1.11 bits per heavy atom. The molecule has 0 atom stereocenters.